The molecule has 2 aromatic carbocycles. The summed E-state index contributed by atoms with van der Waals surface area (Å²) in [5.74, 6) is 0.986. The molecular weight excluding hydrogens is 449 g/mol. The van der Waals surface area contributed by atoms with Crippen molar-refractivity contribution < 1.29 is 4.79 Å². The molecule has 0 aliphatic rings. The van der Waals surface area contributed by atoms with Crippen LogP contribution in [-0.4, -0.2) is 25.9 Å². The zero-order valence-electron chi connectivity index (χ0n) is 15.4. The van der Waals surface area contributed by atoms with Gasteiger partial charge in [-0.1, -0.05) is 72.2 Å². The van der Waals surface area contributed by atoms with Gasteiger partial charge in [0.05, 0.1) is 10.6 Å². The number of hydrogen-bond donors (Lipinski definition) is 2. The van der Waals surface area contributed by atoms with Crippen LogP contribution >= 0.6 is 47.2 Å². The number of halogens is 2. The van der Waals surface area contributed by atoms with Crippen molar-refractivity contribution in [2.24, 2.45) is 0 Å². The van der Waals surface area contributed by atoms with Crippen LogP contribution in [0.4, 0.5) is 0 Å². The zero-order valence-corrected chi connectivity index (χ0v) is 18.5. The molecule has 1 amide bonds. The zero-order chi connectivity index (χ0) is 20.8. The number of nitrogens with one attached hydrogen (secondary N) is 2. The Morgan fingerprint density at radius 2 is 1.93 bits per heavy atom. The topological polar surface area (TPSA) is 71.8 Å². The Hall–Kier alpha value is -2.13. The molecule has 10 heteroatoms. The molecule has 3 rings (SSSR count). The Morgan fingerprint density at radius 1 is 1.17 bits per heavy atom. The maximum absolute atomic E-state index is 12.5. The molecular formula is C19H17Cl2N5OS2. The van der Waals surface area contributed by atoms with Crippen molar-refractivity contribution in [2.45, 2.75) is 24.3 Å². The van der Waals surface area contributed by atoms with Gasteiger partial charge >= 0.3 is 0 Å². The molecule has 2 N–H and O–H groups in total. The van der Waals surface area contributed by atoms with Crippen LogP contribution in [0.5, 0.6) is 0 Å². The number of aromatic nitrogens is 3. The number of carbonyl (C=O) groups excluding carboxylic acids is 1. The molecule has 0 aliphatic heterocycles. The monoisotopic (exact) mass is 465 g/mol. The van der Waals surface area contributed by atoms with Gasteiger partial charge in [0.2, 0.25) is 5.16 Å². The third kappa shape index (κ3) is 5.70. The third-order valence-electron chi connectivity index (χ3n) is 3.84. The molecule has 0 bridgehead atoms. The van der Waals surface area contributed by atoms with Crippen molar-refractivity contribution in [3.8, 4) is 0 Å². The number of rotatable bonds is 6. The van der Waals surface area contributed by atoms with E-state index in [1.807, 2.05) is 37.3 Å². The molecule has 3 aromatic rings. The number of nitrogens with zero attached hydrogens (tertiary/aromatic N) is 3. The van der Waals surface area contributed by atoms with Crippen molar-refractivity contribution >= 4 is 58.2 Å². The second-order valence-corrected chi connectivity index (χ2v) is 8.08. The summed E-state index contributed by atoms with van der Waals surface area (Å²) >= 11 is 18.8. The Kier molecular flexibility index (Phi) is 7.49. The molecule has 29 heavy (non-hydrogen) atoms. The lowest BCUT2D eigenvalue weighted by atomic mass is 10.2. The van der Waals surface area contributed by atoms with E-state index in [9.17, 15) is 4.79 Å². The number of aryl methyl sites for hydroxylation is 1. The van der Waals surface area contributed by atoms with Gasteiger partial charge in [0.15, 0.2) is 10.9 Å². The van der Waals surface area contributed by atoms with Gasteiger partial charge in [0.25, 0.3) is 5.91 Å². The van der Waals surface area contributed by atoms with Crippen LogP contribution in [0.3, 0.4) is 0 Å². The summed E-state index contributed by atoms with van der Waals surface area (Å²) in [5, 5.41) is 12.5. The minimum atomic E-state index is -0.436. The lowest BCUT2D eigenvalue weighted by Gasteiger charge is -2.14. The average molecular weight is 466 g/mol. The van der Waals surface area contributed by atoms with Gasteiger partial charge in [-0.3, -0.25) is 15.5 Å². The lowest BCUT2D eigenvalue weighted by molar-refractivity contribution is 0.0977. The lowest BCUT2D eigenvalue weighted by Crippen LogP contribution is -2.39. The van der Waals surface area contributed by atoms with Gasteiger partial charge in [0.1, 0.15) is 0 Å². The van der Waals surface area contributed by atoms with Crippen molar-refractivity contribution in [3.63, 3.8) is 0 Å². The van der Waals surface area contributed by atoms with E-state index in [2.05, 4.69) is 20.9 Å². The maximum Gasteiger partial charge on any atom is 0.258 e. The summed E-state index contributed by atoms with van der Waals surface area (Å²) in [6, 6.07) is 14.7. The molecule has 0 saturated heterocycles. The molecule has 150 valence electrons. The highest BCUT2D eigenvalue weighted by atomic mass is 35.5. The molecule has 0 unspecified atom stereocenters. The predicted octanol–water partition coefficient (Wildman–Crippen LogP) is 4.70. The van der Waals surface area contributed by atoms with E-state index in [0.29, 0.717) is 22.4 Å². The van der Waals surface area contributed by atoms with Crippen LogP contribution in [-0.2, 0) is 12.2 Å². The number of thiocarbonyl (C=S) groups is 1. The maximum atomic E-state index is 12.5. The van der Waals surface area contributed by atoms with Gasteiger partial charge < -0.3 is 0 Å². The molecule has 0 aliphatic carbocycles. The van der Waals surface area contributed by atoms with Gasteiger partial charge in [-0.05, 0) is 36.0 Å². The van der Waals surface area contributed by atoms with Crippen LogP contribution < -0.4 is 10.7 Å². The summed E-state index contributed by atoms with van der Waals surface area (Å²) in [4.78, 5) is 12.5. The Balaban J connectivity index is 1.69. The number of benzene rings is 2. The van der Waals surface area contributed by atoms with E-state index in [0.717, 1.165) is 5.75 Å². The second-order valence-electron chi connectivity index (χ2n) is 5.88. The molecule has 0 radical (unpaired) electrons. The van der Waals surface area contributed by atoms with Crippen LogP contribution in [0.1, 0.15) is 28.7 Å². The van der Waals surface area contributed by atoms with E-state index in [-0.39, 0.29) is 15.7 Å². The summed E-state index contributed by atoms with van der Waals surface area (Å²) in [6.45, 7) is 1.96. The standard InChI is InChI=1S/C19H17Cl2N5OS2/c1-2-16-23-24-19(29-11-12-6-4-3-5-7-12)26(16)25-18(28)22-17(27)14-9-8-13(20)10-15(14)21/h3-10H,2,11H2,1H3,(H2,22,25,27,28). The van der Waals surface area contributed by atoms with E-state index in [4.69, 9.17) is 35.4 Å². The van der Waals surface area contributed by atoms with E-state index < -0.39 is 5.91 Å². The van der Waals surface area contributed by atoms with Crippen molar-refractivity contribution in [1.82, 2.24) is 20.2 Å². The van der Waals surface area contributed by atoms with Crippen molar-refractivity contribution in [2.75, 3.05) is 5.43 Å². The second kappa shape index (κ2) is 10.1. The Labute approximate surface area is 188 Å². The van der Waals surface area contributed by atoms with E-state index >= 15 is 0 Å². The number of carbonyl (C=O) groups is 1. The number of thioether (sulfide) groups is 1. The molecule has 1 heterocycles. The molecule has 0 atom stereocenters. The number of hydrogen-bond acceptors (Lipinski definition) is 5. The first-order chi connectivity index (χ1) is 14.0. The molecule has 0 saturated carbocycles. The van der Waals surface area contributed by atoms with Gasteiger partial charge in [-0.2, -0.15) is 0 Å². The van der Waals surface area contributed by atoms with Gasteiger partial charge in [-0.25, -0.2) is 4.68 Å². The largest absolute Gasteiger partial charge is 0.298 e. The normalized spacial score (nSPS) is 10.6. The first-order valence-electron chi connectivity index (χ1n) is 8.66. The van der Waals surface area contributed by atoms with Crippen molar-refractivity contribution in [3.05, 3.63) is 75.5 Å². The average Bonchev–Trinajstić information content (AvgIpc) is 3.08. The summed E-state index contributed by atoms with van der Waals surface area (Å²) < 4.78 is 1.68. The SMILES string of the molecule is CCc1nnc(SCc2ccccc2)n1NC(=S)NC(=O)c1ccc(Cl)cc1Cl. The quantitative estimate of drug-likeness (QED) is 0.406. The minimum Gasteiger partial charge on any atom is -0.298 e. The van der Waals surface area contributed by atoms with E-state index in [1.54, 1.807) is 16.8 Å². The van der Waals surface area contributed by atoms with E-state index in [1.165, 1.54) is 23.4 Å². The van der Waals surface area contributed by atoms with Gasteiger partial charge in [0, 0.05) is 17.2 Å². The smallest absolute Gasteiger partial charge is 0.258 e. The summed E-state index contributed by atoms with van der Waals surface area (Å²) in [5.41, 5.74) is 4.42. The predicted molar refractivity (Wildman–Crippen MR) is 121 cm³/mol. The fraction of sp³-hybridized carbons (Fsp3) is 0.158. The van der Waals surface area contributed by atoms with Crippen LogP contribution in [0.15, 0.2) is 53.7 Å². The molecule has 1 aromatic heterocycles. The summed E-state index contributed by atoms with van der Waals surface area (Å²) in [6.07, 6.45) is 0.644. The van der Waals surface area contributed by atoms with Crippen LogP contribution in [0.2, 0.25) is 10.0 Å². The van der Waals surface area contributed by atoms with Gasteiger partial charge in [-0.15, -0.1) is 10.2 Å². The minimum absolute atomic E-state index is 0.108. The summed E-state index contributed by atoms with van der Waals surface area (Å²) in [7, 11) is 0. The Morgan fingerprint density at radius 3 is 2.62 bits per heavy atom. The van der Waals surface area contributed by atoms with Crippen LogP contribution in [0.25, 0.3) is 0 Å². The first-order valence-corrected chi connectivity index (χ1v) is 10.8. The number of amides is 1. The first kappa shape index (κ1) is 21.6. The highest BCUT2D eigenvalue weighted by molar-refractivity contribution is 7.98. The Bertz CT molecular complexity index is 1030. The van der Waals surface area contributed by atoms with Crippen molar-refractivity contribution in [1.29, 1.82) is 0 Å². The fourth-order valence-electron chi connectivity index (χ4n) is 2.43. The van der Waals surface area contributed by atoms with Crippen LogP contribution in [0, 0.1) is 0 Å². The highest BCUT2D eigenvalue weighted by Crippen LogP contribution is 2.22. The molecule has 6 nitrogen and oxygen atoms in total. The molecule has 0 spiro atoms. The third-order valence-corrected chi connectivity index (χ3v) is 5.58. The molecule has 0 fully saturated rings. The highest BCUT2D eigenvalue weighted by Gasteiger charge is 2.16. The fourth-order valence-corrected chi connectivity index (χ4v) is 3.98.